The fourth-order valence-corrected chi connectivity index (χ4v) is 2.66. The normalized spacial score (nSPS) is 15.9. The lowest BCUT2D eigenvalue weighted by molar-refractivity contribution is -0.114. The third-order valence-corrected chi connectivity index (χ3v) is 4.03. The monoisotopic (exact) mass is 352 g/mol. The standard InChI is InChI=1S/C15H21BrN4O/c1-11-5-6-12(16)9-13(11)19-14(21)10-18-15(17)20-7-3-2-4-8-20/h5-6,9H,2-4,7-8,10H2,1H3,(H2,17,18)(H,19,21). The maximum atomic E-state index is 12.0. The average molecular weight is 353 g/mol. The zero-order valence-corrected chi connectivity index (χ0v) is 13.8. The molecule has 114 valence electrons. The topological polar surface area (TPSA) is 70.7 Å². The molecule has 6 heteroatoms. The zero-order chi connectivity index (χ0) is 15.2. The van der Waals surface area contributed by atoms with Crippen LogP contribution in [-0.4, -0.2) is 36.4 Å². The summed E-state index contributed by atoms with van der Waals surface area (Å²) in [5.41, 5.74) is 7.74. The van der Waals surface area contributed by atoms with E-state index in [-0.39, 0.29) is 12.5 Å². The lowest BCUT2D eigenvalue weighted by Crippen LogP contribution is -2.41. The number of amides is 1. The number of anilines is 1. The molecule has 0 saturated carbocycles. The van der Waals surface area contributed by atoms with Gasteiger partial charge in [-0.2, -0.15) is 0 Å². The molecular weight excluding hydrogens is 332 g/mol. The summed E-state index contributed by atoms with van der Waals surface area (Å²) < 4.78 is 0.930. The number of likely N-dealkylation sites (tertiary alicyclic amines) is 1. The third kappa shape index (κ3) is 4.74. The van der Waals surface area contributed by atoms with Crippen molar-refractivity contribution in [1.29, 1.82) is 0 Å². The number of halogens is 1. The highest BCUT2D eigenvalue weighted by Crippen LogP contribution is 2.20. The molecule has 2 rings (SSSR count). The van der Waals surface area contributed by atoms with Crippen LogP contribution in [0.1, 0.15) is 24.8 Å². The van der Waals surface area contributed by atoms with E-state index in [0.29, 0.717) is 5.96 Å². The average Bonchev–Trinajstić information content (AvgIpc) is 2.49. The van der Waals surface area contributed by atoms with Crippen molar-refractivity contribution in [3.63, 3.8) is 0 Å². The predicted molar refractivity (Wildman–Crippen MR) is 89.4 cm³/mol. The lowest BCUT2D eigenvalue weighted by atomic mass is 10.1. The Morgan fingerprint density at radius 2 is 2.10 bits per heavy atom. The van der Waals surface area contributed by atoms with Gasteiger partial charge < -0.3 is 16.0 Å². The molecule has 0 radical (unpaired) electrons. The zero-order valence-electron chi connectivity index (χ0n) is 12.2. The second kappa shape index (κ2) is 7.45. The highest BCUT2D eigenvalue weighted by Gasteiger charge is 2.12. The number of aliphatic imine (C=N–C) groups is 1. The van der Waals surface area contributed by atoms with Gasteiger partial charge in [-0.25, -0.2) is 4.99 Å². The van der Waals surface area contributed by atoms with Crippen molar-refractivity contribution in [3.05, 3.63) is 28.2 Å². The fourth-order valence-electron chi connectivity index (χ4n) is 2.29. The summed E-state index contributed by atoms with van der Waals surface area (Å²) in [5.74, 6) is 0.312. The first-order valence-electron chi connectivity index (χ1n) is 7.17. The second-order valence-corrected chi connectivity index (χ2v) is 6.15. The Labute approximate surface area is 133 Å². The van der Waals surface area contributed by atoms with Gasteiger partial charge in [-0.1, -0.05) is 22.0 Å². The van der Waals surface area contributed by atoms with Gasteiger partial charge in [0.2, 0.25) is 5.91 Å². The quantitative estimate of drug-likeness (QED) is 0.648. The number of nitrogens with two attached hydrogens (primary N) is 1. The summed E-state index contributed by atoms with van der Waals surface area (Å²) >= 11 is 3.40. The van der Waals surface area contributed by atoms with E-state index in [1.54, 1.807) is 0 Å². The van der Waals surface area contributed by atoms with Gasteiger partial charge in [0.1, 0.15) is 6.54 Å². The number of hydrogen-bond acceptors (Lipinski definition) is 2. The molecule has 1 amide bonds. The maximum Gasteiger partial charge on any atom is 0.246 e. The van der Waals surface area contributed by atoms with Crippen LogP contribution in [-0.2, 0) is 4.79 Å². The van der Waals surface area contributed by atoms with Gasteiger partial charge in [0.15, 0.2) is 5.96 Å². The number of benzene rings is 1. The Morgan fingerprint density at radius 1 is 1.38 bits per heavy atom. The van der Waals surface area contributed by atoms with E-state index in [9.17, 15) is 4.79 Å². The number of carbonyl (C=O) groups is 1. The predicted octanol–water partition coefficient (Wildman–Crippen LogP) is 2.50. The minimum Gasteiger partial charge on any atom is -0.370 e. The minimum absolute atomic E-state index is 0.0499. The molecule has 0 bridgehead atoms. The largest absolute Gasteiger partial charge is 0.370 e. The number of hydrogen-bond donors (Lipinski definition) is 2. The Balaban J connectivity index is 1.90. The molecule has 5 nitrogen and oxygen atoms in total. The van der Waals surface area contributed by atoms with Crippen molar-refractivity contribution in [2.24, 2.45) is 10.7 Å². The number of nitrogens with zero attached hydrogens (tertiary/aromatic N) is 2. The van der Waals surface area contributed by atoms with Gasteiger partial charge in [0.25, 0.3) is 0 Å². The van der Waals surface area contributed by atoms with Crippen LogP contribution in [0.2, 0.25) is 0 Å². The van der Waals surface area contributed by atoms with Crippen LogP contribution in [0.15, 0.2) is 27.7 Å². The molecule has 1 saturated heterocycles. The molecule has 3 N–H and O–H groups in total. The highest BCUT2D eigenvalue weighted by molar-refractivity contribution is 9.10. The molecule has 0 unspecified atom stereocenters. The van der Waals surface area contributed by atoms with Crippen LogP contribution in [0.4, 0.5) is 5.69 Å². The Morgan fingerprint density at radius 3 is 2.81 bits per heavy atom. The minimum atomic E-state index is -0.156. The maximum absolute atomic E-state index is 12.0. The van der Waals surface area contributed by atoms with Crippen molar-refractivity contribution in [3.8, 4) is 0 Å². The van der Waals surface area contributed by atoms with Crippen LogP contribution in [0.5, 0.6) is 0 Å². The van der Waals surface area contributed by atoms with E-state index < -0.39 is 0 Å². The van der Waals surface area contributed by atoms with E-state index in [1.807, 2.05) is 30.0 Å². The van der Waals surface area contributed by atoms with E-state index in [4.69, 9.17) is 5.73 Å². The summed E-state index contributed by atoms with van der Waals surface area (Å²) in [6.45, 7) is 3.87. The van der Waals surface area contributed by atoms with E-state index >= 15 is 0 Å². The van der Waals surface area contributed by atoms with Crippen molar-refractivity contribution < 1.29 is 4.79 Å². The smallest absolute Gasteiger partial charge is 0.246 e. The second-order valence-electron chi connectivity index (χ2n) is 5.23. The molecule has 1 aromatic carbocycles. The van der Waals surface area contributed by atoms with Crippen LogP contribution >= 0.6 is 15.9 Å². The van der Waals surface area contributed by atoms with Crippen molar-refractivity contribution in [1.82, 2.24) is 4.90 Å². The van der Waals surface area contributed by atoms with Crippen molar-refractivity contribution >= 4 is 33.5 Å². The summed E-state index contributed by atoms with van der Waals surface area (Å²) in [6.07, 6.45) is 3.52. The fraction of sp³-hybridized carbons (Fsp3) is 0.467. The van der Waals surface area contributed by atoms with Gasteiger partial charge in [-0.3, -0.25) is 4.79 Å². The third-order valence-electron chi connectivity index (χ3n) is 3.54. The highest BCUT2D eigenvalue weighted by atomic mass is 79.9. The van der Waals surface area contributed by atoms with Gasteiger partial charge in [0.05, 0.1) is 0 Å². The summed E-state index contributed by atoms with van der Waals surface area (Å²) in [5, 5.41) is 2.86. The van der Waals surface area contributed by atoms with Crippen LogP contribution in [0.25, 0.3) is 0 Å². The van der Waals surface area contributed by atoms with Crippen molar-refractivity contribution in [2.75, 3.05) is 25.0 Å². The van der Waals surface area contributed by atoms with Crippen molar-refractivity contribution in [2.45, 2.75) is 26.2 Å². The van der Waals surface area contributed by atoms with E-state index in [0.717, 1.165) is 41.7 Å². The molecule has 1 aliphatic heterocycles. The number of rotatable bonds is 3. The molecule has 1 fully saturated rings. The van der Waals surface area contributed by atoms with Crippen LogP contribution in [0, 0.1) is 6.92 Å². The molecule has 0 atom stereocenters. The van der Waals surface area contributed by atoms with Gasteiger partial charge in [-0.05, 0) is 43.9 Å². The first kappa shape index (κ1) is 15.8. The summed E-state index contributed by atoms with van der Waals surface area (Å²) in [7, 11) is 0. The Kier molecular flexibility index (Phi) is 5.61. The number of piperidine rings is 1. The number of carbonyl (C=O) groups excluding carboxylic acids is 1. The Hall–Kier alpha value is -1.56. The van der Waals surface area contributed by atoms with Crippen LogP contribution in [0.3, 0.4) is 0 Å². The lowest BCUT2D eigenvalue weighted by Gasteiger charge is -2.27. The van der Waals surface area contributed by atoms with Gasteiger partial charge in [0, 0.05) is 23.2 Å². The summed E-state index contributed by atoms with van der Waals surface area (Å²) in [4.78, 5) is 18.2. The number of nitrogens with one attached hydrogen (secondary N) is 1. The molecule has 1 aliphatic rings. The molecule has 0 aromatic heterocycles. The molecule has 1 heterocycles. The number of aryl methyl sites for hydroxylation is 1. The van der Waals surface area contributed by atoms with Crippen LogP contribution < -0.4 is 11.1 Å². The van der Waals surface area contributed by atoms with Gasteiger partial charge >= 0.3 is 0 Å². The first-order chi connectivity index (χ1) is 10.1. The molecule has 1 aromatic rings. The molecule has 0 spiro atoms. The molecule has 21 heavy (non-hydrogen) atoms. The first-order valence-corrected chi connectivity index (χ1v) is 7.96. The van der Waals surface area contributed by atoms with E-state index in [2.05, 4.69) is 26.2 Å². The SMILES string of the molecule is Cc1ccc(Br)cc1NC(=O)CN=C(N)N1CCCCC1. The van der Waals surface area contributed by atoms with E-state index in [1.165, 1.54) is 6.42 Å². The van der Waals surface area contributed by atoms with Gasteiger partial charge in [-0.15, -0.1) is 0 Å². The Bertz CT molecular complexity index is 538. The molecular formula is C15H21BrN4O. The molecule has 0 aliphatic carbocycles. The number of guanidine groups is 1. The summed E-state index contributed by atoms with van der Waals surface area (Å²) in [6, 6.07) is 5.77.